The van der Waals surface area contributed by atoms with Gasteiger partial charge in [-0.05, 0) is 31.3 Å². The average Bonchev–Trinajstić information content (AvgIpc) is 2.71. The number of hydrogen-bond donors (Lipinski definition) is 1. The normalized spacial score (nSPS) is 10.6. The Morgan fingerprint density at radius 2 is 2.25 bits per heavy atom. The highest BCUT2D eigenvalue weighted by atomic mass is 16.5. The molecule has 0 aliphatic carbocycles. The zero-order valence-corrected chi connectivity index (χ0v) is 9.24. The van der Waals surface area contributed by atoms with Crippen molar-refractivity contribution in [1.29, 1.82) is 0 Å². The van der Waals surface area contributed by atoms with Gasteiger partial charge in [0.1, 0.15) is 11.3 Å². The summed E-state index contributed by atoms with van der Waals surface area (Å²) in [5.41, 5.74) is 0.695. The van der Waals surface area contributed by atoms with Crippen molar-refractivity contribution in [1.82, 2.24) is 5.32 Å². The molecule has 16 heavy (non-hydrogen) atoms. The van der Waals surface area contributed by atoms with Gasteiger partial charge in [0.15, 0.2) is 5.76 Å². The first-order valence-corrected chi connectivity index (χ1v) is 5.00. The Balaban J connectivity index is 2.39. The standard InChI is InChI=1S/C12H13NO3/c1-13-7-10(14)12-6-8-5-9(15-2)3-4-11(8)16-12/h3-6,13H,7H2,1-2H3. The molecular weight excluding hydrogens is 206 g/mol. The predicted molar refractivity (Wildman–Crippen MR) is 61.0 cm³/mol. The summed E-state index contributed by atoms with van der Waals surface area (Å²) in [5.74, 6) is 1.07. The van der Waals surface area contributed by atoms with Crippen LogP contribution in [-0.2, 0) is 0 Å². The van der Waals surface area contributed by atoms with E-state index >= 15 is 0 Å². The summed E-state index contributed by atoms with van der Waals surface area (Å²) in [6, 6.07) is 7.18. The van der Waals surface area contributed by atoms with Crippen LogP contribution in [0.5, 0.6) is 5.75 Å². The van der Waals surface area contributed by atoms with Crippen molar-refractivity contribution < 1.29 is 13.9 Å². The molecule has 0 spiro atoms. The fourth-order valence-electron chi connectivity index (χ4n) is 1.53. The Labute approximate surface area is 93.2 Å². The number of fused-ring (bicyclic) bond motifs is 1. The van der Waals surface area contributed by atoms with Gasteiger partial charge in [-0.1, -0.05) is 0 Å². The summed E-state index contributed by atoms with van der Waals surface area (Å²) in [5, 5.41) is 3.67. The fraction of sp³-hybridized carbons (Fsp3) is 0.250. The van der Waals surface area contributed by atoms with E-state index in [4.69, 9.17) is 9.15 Å². The van der Waals surface area contributed by atoms with Crippen LogP contribution >= 0.6 is 0 Å². The van der Waals surface area contributed by atoms with Gasteiger partial charge < -0.3 is 14.5 Å². The van der Waals surface area contributed by atoms with E-state index in [-0.39, 0.29) is 12.3 Å². The van der Waals surface area contributed by atoms with E-state index in [2.05, 4.69) is 5.32 Å². The third-order valence-electron chi connectivity index (χ3n) is 2.34. The molecule has 1 aromatic carbocycles. The van der Waals surface area contributed by atoms with Crippen LogP contribution in [0.2, 0.25) is 0 Å². The molecular formula is C12H13NO3. The number of nitrogens with one attached hydrogen (secondary N) is 1. The van der Waals surface area contributed by atoms with Crippen molar-refractivity contribution >= 4 is 16.8 Å². The van der Waals surface area contributed by atoms with Gasteiger partial charge in [-0.2, -0.15) is 0 Å². The number of ketones is 1. The maximum Gasteiger partial charge on any atom is 0.211 e. The molecule has 2 aromatic rings. The molecule has 0 aliphatic rings. The minimum atomic E-state index is -0.0577. The molecule has 4 nitrogen and oxygen atoms in total. The van der Waals surface area contributed by atoms with Gasteiger partial charge in [-0.3, -0.25) is 4.79 Å². The largest absolute Gasteiger partial charge is 0.497 e. The van der Waals surface area contributed by atoms with Crippen LogP contribution in [0.4, 0.5) is 0 Å². The number of benzene rings is 1. The summed E-state index contributed by atoms with van der Waals surface area (Å²) in [7, 11) is 3.33. The predicted octanol–water partition coefficient (Wildman–Crippen LogP) is 1.84. The van der Waals surface area contributed by atoms with E-state index < -0.39 is 0 Å². The number of hydrogen-bond acceptors (Lipinski definition) is 4. The third kappa shape index (κ3) is 1.92. The maximum atomic E-state index is 11.6. The number of rotatable bonds is 4. The molecule has 2 rings (SSSR count). The molecule has 0 aliphatic heterocycles. The molecule has 0 atom stereocenters. The molecule has 1 aromatic heterocycles. The van der Waals surface area contributed by atoms with E-state index in [0.717, 1.165) is 11.1 Å². The molecule has 84 valence electrons. The highest BCUT2D eigenvalue weighted by molar-refractivity contribution is 5.99. The van der Waals surface area contributed by atoms with Crippen LogP contribution in [0.3, 0.4) is 0 Å². The second kappa shape index (κ2) is 4.37. The number of likely N-dealkylation sites (N-methyl/N-ethyl adjacent to an activating group) is 1. The van der Waals surface area contributed by atoms with Gasteiger partial charge in [-0.25, -0.2) is 0 Å². The molecule has 4 heteroatoms. The number of Topliss-reactive ketones (excluding diaryl/α,β-unsaturated/α-hetero) is 1. The number of carbonyl (C=O) groups excluding carboxylic acids is 1. The second-order valence-electron chi connectivity index (χ2n) is 3.47. The molecule has 0 fully saturated rings. The van der Waals surface area contributed by atoms with Crippen LogP contribution < -0.4 is 10.1 Å². The lowest BCUT2D eigenvalue weighted by Gasteiger charge is -1.96. The first-order valence-electron chi connectivity index (χ1n) is 5.00. The molecule has 0 saturated heterocycles. The zero-order valence-electron chi connectivity index (χ0n) is 9.24. The first-order chi connectivity index (χ1) is 7.74. The molecule has 0 unspecified atom stereocenters. The van der Waals surface area contributed by atoms with E-state index in [9.17, 15) is 4.79 Å². The van der Waals surface area contributed by atoms with Crippen LogP contribution in [0, 0.1) is 0 Å². The van der Waals surface area contributed by atoms with Crippen LogP contribution in [0.15, 0.2) is 28.7 Å². The molecule has 0 amide bonds. The van der Waals surface area contributed by atoms with E-state index in [0.29, 0.717) is 11.3 Å². The van der Waals surface area contributed by atoms with Gasteiger partial charge in [0, 0.05) is 5.39 Å². The lowest BCUT2D eigenvalue weighted by molar-refractivity contribution is 0.0969. The summed E-state index contributed by atoms with van der Waals surface area (Å²) in [6.45, 7) is 0.275. The minimum Gasteiger partial charge on any atom is -0.497 e. The second-order valence-corrected chi connectivity index (χ2v) is 3.47. The molecule has 1 heterocycles. The smallest absolute Gasteiger partial charge is 0.211 e. The minimum absolute atomic E-state index is 0.0577. The number of furan rings is 1. The molecule has 0 bridgehead atoms. The monoisotopic (exact) mass is 219 g/mol. The summed E-state index contributed by atoms with van der Waals surface area (Å²) >= 11 is 0. The van der Waals surface area contributed by atoms with Crippen molar-refractivity contribution in [3.05, 3.63) is 30.0 Å². The molecule has 0 saturated carbocycles. The zero-order chi connectivity index (χ0) is 11.5. The Morgan fingerprint density at radius 1 is 1.44 bits per heavy atom. The summed E-state index contributed by atoms with van der Waals surface area (Å²) < 4.78 is 10.5. The van der Waals surface area contributed by atoms with Crippen molar-refractivity contribution in [3.63, 3.8) is 0 Å². The van der Waals surface area contributed by atoms with Gasteiger partial charge in [0.25, 0.3) is 0 Å². The summed E-state index contributed by atoms with van der Waals surface area (Å²) in [6.07, 6.45) is 0. The van der Waals surface area contributed by atoms with Crippen LogP contribution in [-0.4, -0.2) is 26.5 Å². The van der Waals surface area contributed by atoms with E-state index in [1.807, 2.05) is 6.07 Å². The lowest BCUT2D eigenvalue weighted by atomic mass is 10.2. The van der Waals surface area contributed by atoms with Crippen LogP contribution in [0.25, 0.3) is 11.0 Å². The average molecular weight is 219 g/mol. The van der Waals surface area contributed by atoms with Gasteiger partial charge in [-0.15, -0.1) is 0 Å². The van der Waals surface area contributed by atoms with Crippen molar-refractivity contribution in [2.75, 3.05) is 20.7 Å². The van der Waals surface area contributed by atoms with Crippen molar-refractivity contribution in [2.24, 2.45) is 0 Å². The highest BCUT2D eigenvalue weighted by Crippen LogP contribution is 2.24. The Kier molecular flexibility index (Phi) is 2.92. The maximum absolute atomic E-state index is 11.6. The van der Waals surface area contributed by atoms with Gasteiger partial charge in [0.2, 0.25) is 5.78 Å². The quantitative estimate of drug-likeness (QED) is 0.797. The van der Waals surface area contributed by atoms with E-state index in [1.165, 1.54) is 0 Å². The molecule has 0 radical (unpaired) electrons. The summed E-state index contributed by atoms with van der Waals surface area (Å²) in [4.78, 5) is 11.6. The fourth-order valence-corrected chi connectivity index (χ4v) is 1.53. The topological polar surface area (TPSA) is 51.5 Å². The molecule has 1 N–H and O–H groups in total. The van der Waals surface area contributed by atoms with E-state index in [1.54, 1.807) is 32.4 Å². The Morgan fingerprint density at radius 3 is 2.94 bits per heavy atom. The first kappa shape index (κ1) is 10.7. The number of methoxy groups -OCH3 is 1. The Bertz CT molecular complexity index is 516. The number of carbonyl (C=O) groups is 1. The SMILES string of the molecule is CNCC(=O)c1cc2cc(OC)ccc2o1. The van der Waals surface area contributed by atoms with Crippen molar-refractivity contribution in [3.8, 4) is 5.75 Å². The lowest BCUT2D eigenvalue weighted by Crippen LogP contribution is -2.17. The highest BCUT2D eigenvalue weighted by Gasteiger charge is 2.11. The Hall–Kier alpha value is -1.81. The van der Waals surface area contributed by atoms with Crippen molar-refractivity contribution in [2.45, 2.75) is 0 Å². The third-order valence-corrected chi connectivity index (χ3v) is 2.34. The number of ether oxygens (including phenoxy) is 1. The van der Waals surface area contributed by atoms with Gasteiger partial charge >= 0.3 is 0 Å². The van der Waals surface area contributed by atoms with Gasteiger partial charge in [0.05, 0.1) is 13.7 Å². The van der Waals surface area contributed by atoms with Crippen LogP contribution in [0.1, 0.15) is 10.6 Å².